The SMILES string of the molecule is CCCCN(C)CC(Cl)c1ccc2c(c1)OCCO2. The molecule has 4 heteroatoms. The average molecular weight is 284 g/mol. The second kappa shape index (κ2) is 7.01. The third-order valence-corrected chi connectivity index (χ3v) is 3.68. The van der Waals surface area contributed by atoms with Gasteiger partial charge in [0.25, 0.3) is 0 Å². The summed E-state index contributed by atoms with van der Waals surface area (Å²) in [5.41, 5.74) is 1.09. The number of rotatable bonds is 6. The van der Waals surface area contributed by atoms with Crippen molar-refractivity contribution in [1.29, 1.82) is 0 Å². The quantitative estimate of drug-likeness (QED) is 0.746. The first-order valence-electron chi connectivity index (χ1n) is 6.93. The van der Waals surface area contributed by atoms with Crippen molar-refractivity contribution in [2.75, 3.05) is 33.4 Å². The van der Waals surface area contributed by atoms with Gasteiger partial charge in [0.15, 0.2) is 11.5 Å². The number of benzene rings is 1. The number of unbranched alkanes of at least 4 members (excludes halogenated alkanes) is 1. The summed E-state index contributed by atoms with van der Waals surface area (Å²) in [6, 6.07) is 5.98. The molecule has 1 heterocycles. The Bertz CT molecular complexity index is 411. The zero-order chi connectivity index (χ0) is 13.7. The Kier molecular flexibility index (Phi) is 5.34. The number of fused-ring (bicyclic) bond motifs is 1. The molecule has 0 saturated carbocycles. The first-order valence-corrected chi connectivity index (χ1v) is 7.36. The predicted octanol–water partition coefficient (Wildman–Crippen LogP) is 3.47. The van der Waals surface area contributed by atoms with Crippen LogP contribution in [0.1, 0.15) is 30.7 Å². The van der Waals surface area contributed by atoms with E-state index >= 15 is 0 Å². The average Bonchev–Trinajstić information content (AvgIpc) is 2.44. The lowest BCUT2D eigenvalue weighted by atomic mass is 10.1. The summed E-state index contributed by atoms with van der Waals surface area (Å²) in [6.45, 7) is 5.37. The maximum absolute atomic E-state index is 6.48. The van der Waals surface area contributed by atoms with Crippen LogP contribution in [0.2, 0.25) is 0 Å². The van der Waals surface area contributed by atoms with E-state index in [1.807, 2.05) is 18.2 Å². The molecule has 1 aromatic carbocycles. The molecule has 1 aliphatic rings. The molecule has 0 bridgehead atoms. The molecule has 0 radical (unpaired) electrons. The van der Waals surface area contributed by atoms with Gasteiger partial charge in [-0.05, 0) is 37.7 Å². The summed E-state index contributed by atoms with van der Waals surface area (Å²) in [5, 5.41) is -0.0160. The molecule has 0 spiro atoms. The van der Waals surface area contributed by atoms with E-state index in [0.29, 0.717) is 13.2 Å². The van der Waals surface area contributed by atoms with Crippen LogP contribution in [-0.4, -0.2) is 38.3 Å². The van der Waals surface area contributed by atoms with Crippen molar-refractivity contribution in [1.82, 2.24) is 4.90 Å². The van der Waals surface area contributed by atoms with Crippen molar-refractivity contribution in [3.8, 4) is 11.5 Å². The largest absolute Gasteiger partial charge is 0.486 e. The van der Waals surface area contributed by atoms with Crippen LogP contribution in [0.3, 0.4) is 0 Å². The molecule has 1 aromatic rings. The fourth-order valence-electron chi connectivity index (χ4n) is 2.15. The number of hydrogen-bond acceptors (Lipinski definition) is 3. The fraction of sp³-hybridized carbons (Fsp3) is 0.600. The fourth-order valence-corrected chi connectivity index (χ4v) is 2.52. The number of nitrogens with zero attached hydrogens (tertiary/aromatic N) is 1. The zero-order valence-corrected chi connectivity index (χ0v) is 12.4. The standard InChI is InChI=1S/C15H22ClNO2/c1-3-4-7-17(2)11-13(16)12-5-6-14-15(10-12)19-9-8-18-14/h5-6,10,13H,3-4,7-9,11H2,1-2H3. The van der Waals surface area contributed by atoms with Gasteiger partial charge in [-0.15, -0.1) is 11.6 Å². The summed E-state index contributed by atoms with van der Waals surface area (Å²) >= 11 is 6.48. The highest BCUT2D eigenvalue weighted by Crippen LogP contribution is 2.34. The third kappa shape index (κ3) is 4.02. The molecule has 19 heavy (non-hydrogen) atoms. The molecule has 1 atom stereocenters. The number of alkyl halides is 1. The van der Waals surface area contributed by atoms with Crippen molar-refractivity contribution in [2.45, 2.75) is 25.1 Å². The van der Waals surface area contributed by atoms with Crippen LogP contribution in [0.25, 0.3) is 0 Å². The Morgan fingerprint density at radius 2 is 2.00 bits per heavy atom. The highest BCUT2D eigenvalue weighted by atomic mass is 35.5. The van der Waals surface area contributed by atoms with E-state index in [9.17, 15) is 0 Å². The van der Waals surface area contributed by atoms with Crippen molar-refractivity contribution < 1.29 is 9.47 Å². The third-order valence-electron chi connectivity index (χ3n) is 3.29. The summed E-state index contributed by atoms with van der Waals surface area (Å²) in [6.07, 6.45) is 2.42. The van der Waals surface area contributed by atoms with Crippen molar-refractivity contribution in [3.63, 3.8) is 0 Å². The lowest BCUT2D eigenvalue weighted by molar-refractivity contribution is 0.171. The molecule has 0 amide bonds. The van der Waals surface area contributed by atoms with Gasteiger partial charge in [-0.25, -0.2) is 0 Å². The lowest BCUT2D eigenvalue weighted by Crippen LogP contribution is -2.24. The van der Waals surface area contributed by atoms with Crippen LogP contribution in [0.4, 0.5) is 0 Å². The number of hydrogen-bond donors (Lipinski definition) is 0. The van der Waals surface area contributed by atoms with E-state index in [1.165, 1.54) is 12.8 Å². The van der Waals surface area contributed by atoms with E-state index in [-0.39, 0.29) is 5.38 Å². The van der Waals surface area contributed by atoms with E-state index in [1.54, 1.807) is 0 Å². The van der Waals surface area contributed by atoms with Crippen LogP contribution in [0.15, 0.2) is 18.2 Å². The van der Waals surface area contributed by atoms with Gasteiger partial charge in [-0.2, -0.15) is 0 Å². The van der Waals surface area contributed by atoms with E-state index in [0.717, 1.165) is 30.2 Å². The number of ether oxygens (including phenoxy) is 2. The molecule has 0 N–H and O–H groups in total. The predicted molar refractivity (Wildman–Crippen MR) is 78.4 cm³/mol. The summed E-state index contributed by atoms with van der Waals surface area (Å²) in [7, 11) is 2.11. The first kappa shape index (κ1) is 14.5. The van der Waals surface area contributed by atoms with Gasteiger partial charge in [0.1, 0.15) is 13.2 Å². The van der Waals surface area contributed by atoms with Crippen molar-refractivity contribution >= 4 is 11.6 Å². The topological polar surface area (TPSA) is 21.7 Å². The normalized spacial score (nSPS) is 15.6. The Morgan fingerprint density at radius 3 is 2.74 bits per heavy atom. The van der Waals surface area contributed by atoms with Gasteiger partial charge in [0, 0.05) is 6.54 Å². The molecular formula is C15H22ClNO2. The van der Waals surface area contributed by atoms with Gasteiger partial charge in [-0.3, -0.25) is 0 Å². The Hall–Kier alpha value is -0.930. The van der Waals surface area contributed by atoms with E-state index < -0.39 is 0 Å². The zero-order valence-electron chi connectivity index (χ0n) is 11.7. The second-order valence-corrected chi connectivity index (χ2v) is 5.51. The van der Waals surface area contributed by atoms with Crippen molar-refractivity contribution in [2.24, 2.45) is 0 Å². The van der Waals surface area contributed by atoms with Gasteiger partial charge >= 0.3 is 0 Å². The van der Waals surface area contributed by atoms with E-state index in [4.69, 9.17) is 21.1 Å². The lowest BCUT2D eigenvalue weighted by Gasteiger charge is -2.22. The highest BCUT2D eigenvalue weighted by molar-refractivity contribution is 6.21. The van der Waals surface area contributed by atoms with Crippen molar-refractivity contribution in [3.05, 3.63) is 23.8 Å². The Balaban J connectivity index is 1.97. The van der Waals surface area contributed by atoms with E-state index in [2.05, 4.69) is 18.9 Å². The molecule has 2 rings (SSSR count). The van der Waals surface area contributed by atoms with Crippen LogP contribution in [0.5, 0.6) is 11.5 Å². The molecule has 0 saturated heterocycles. The van der Waals surface area contributed by atoms with Gasteiger partial charge in [0.2, 0.25) is 0 Å². The summed E-state index contributed by atoms with van der Waals surface area (Å²) < 4.78 is 11.1. The van der Waals surface area contributed by atoms with Crippen LogP contribution in [-0.2, 0) is 0 Å². The smallest absolute Gasteiger partial charge is 0.161 e. The van der Waals surface area contributed by atoms with Crippen LogP contribution >= 0.6 is 11.6 Å². The minimum atomic E-state index is -0.0160. The minimum Gasteiger partial charge on any atom is -0.486 e. The molecule has 0 aromatic heterocycles. The first-order chi connectivity index (χ1) is 9.20. The van der Waals surface area contributed by atoms with Gasteiger partial charge in [-0.1, -0.05) is 19.4 Å². The minimum absolute atomic E-state index is 0.0160. The van der Waals surface area contributed by atoms with Gasteiger partial charge < -0.3 is 14.4 Å². The molecular weight excluding hydrogens is 262 g/mol. The van der Waals surface area contributed by atoms with Crippen LogP contribution in [0, 0.1) is 0 Å². The highest BCUT2D eigenvalue weighted by Gasteiger charge is 2.16. The molecule has 0 aliphatic carbocycles. The second-order valence-electron chi connectivity index (χ2n) is 4.99. The van der Waals surface area contributed by atoms with Gasteiger partial charge in [0.05, 0.1) is 5.38 Å². The molecule has 3 nitrogen and oxygen atoms in total. The maximum atomic E-state index is 6.48. The number of halogens is 1. The molecule has 1 unspecified atom stereocenters. The Labute approximate surface area is 120 Å². The maximum Gasteiger partial charge on any atom is 0.161 e. The molecule has 106 valence electrons. The Morgan fingerprint density at radius 1 is 1.26 bits per heavy atom. The van der Waals surface area contributed by atoms with Crippen LogP contribution < -0.4 is 9.47 Å². The monoisotopic (exact) mass is 283 g/mol. The molecule has 0 fully saturated rings. The number of likely N-dealkylation sites (N-methyl/N-ethyl adjacent to an activating group) is 1. The molecule has 1 aliphatic heterocycles. The summed E-state index contributed by atoms with van der Waals surface area (Å²) in [4.78, 5) is 2.28. The summed E-state index contributed by atoms with van der Waals surface area (Å²) in [5.74, 6) is 1.63.